The number of hydrogen-bond donors (Lipinski definition) is 11. The molecule has 218 valence electrons. The second-order valence-corrected chi connectivity index (χ2v) is 10.1. The largest absolute Gasteiger partial charge is 0.481 e. The Labute approximate surface area is 210 Å². The third-order valence-corrected chi connectivity index (χ3v) is 6.64. The molecule has 0 radical (unpaired) electrons. The minimum Gasteiger partial charge on any atom is -0.479 e. The van der Waals surface area contributed by atoms with E-state index in [9.17, 15) is 33.7 Å². The van der Waals surface area contributed by atoms with Crippen LogP contribution in [0.4, 0.5) is 5.82 Å². The van der Waals surface area contributed by atoms with Crippen LogP contribution in [-0.2, 0) is 32.3 Å². The molecule has 1 unspecified atom stereocenters. The predicted molar refractivity (Wildman–Crippen MR) is 115 cm³/mol. The number of aliphatic hydroxyl groups is 6. The molecule has 1 saturated heterocycles. The Morgan fingerprint density at radius 3 is 2.21 bits per heavy atom. The van der Waals surface area contributed by atoms with Gasteiger partial charge in [0.1, 0.15) is 42.4 Å². The quantitative estimate of drug-likeness (QED) is 0.0836. The van der Waals surface area contributed by atoms with Crippen molar-refractivity contribution in [3.63, 3.8) is 0 Å². The van der Waals surface area contributed by atoms with E-state index in [2.05, 4.69) is 13.8 Å². The van der Waals surface area contributed by atoms with Crippen LogP contribution in [0.2, 0.25) is 0 Å². The molecule has 1 aliphatic rings. The number of nitrogens with zero attached hydrogens (tertiary/aromatic N) is 2. The molecule has 0 saturated carbocycles. The van der Waals surface area contributed by atoms with Crippen LogP contribution in [0.1, 0.15) is 6.23 Å². The first-order valence-corrected chi connectivity index (χ1v) is 12.8. The van der Waals surface area contributed by atoms with E-state index in [4.69, 9.17) is 50.7 Å². The number of aliphatic hydroxyl groups excluding tert-OH is 6. The molecule has 21 nitrogen and oxygen atoms in total. The minimum atomic E-state index is -5.30. The summed E-state index contributed by atoms with van der Waals surface area (Å²) in [6.45, 7) is -0.875. The molecular weight excluding hydrogens is 572 g/mol. The molecule has 1 aromatic rings. The number of phosphoric acid groups is 2. The molecule has 0 aliphatic carbocycles. The zero-order valence-corrected chi connectivity index (χ0v) is 20.5. The summed E-state index contributed by atoms with van der Waals surface area (Å²) in [6.07, 6.45) is -13.3. The number of aliphatic carboxylic acids is 1. The maximum absolute atomic E-state index is 11.7. The molecule has 2 rings (SSSR count). The smallest absolute Gasteiger partial charge is 0.479 e. The van der Waals surface area contributed by atoms with Crippen LogP contribution in [0.5, 0.6) is 0 Å². The zero-order chi connectivity index (χ0) is 29.6. The number of ether oxygens (including phenoxy) is 1. The van der Waals surface area contributed by atoms with E-state index in [-0.39, 0.29) is 12.1 Å². The number of carboxylic acid groups (broad SMARTS) is 1. The standard InChI is InChI=1S/C9H15N3O11P2.C6H10O7/c10-5-1-2-12(9(15)11-5)8-7(14)6(13)4(22-8)3-21-25(19,20)23-24(16,17)18;7-1-2(8)3(9)4(10)5(11)6(12)13/h1-2,4,6-8,13-14H,3H2,(H,19,20)(H2,10,11,15)(H2,16,17,18);1-5,8-11H,(H,12,13)/t4-,6-,7-,8-;2-,3+,4-,5-/m10/s1. The van der Waals surface area contributed by atoms with Gasteiger partial charge in [-0.25, -0.2) is 18.7 Å². The molecule has 1 aromatic heterocycles. The molecule has 0 spiro atoms. The minimum absolute atomic E-state index is 0.0787. The number of rotatable bonds is 11. The zero-order valence-electron chi connectivity index (χ0n) is 18.7. The topological polar surface area (TPSA) is 359 Å². The van der Waals surface area contributed by atoms with Gasteiger partial charge in [0, 0.05) is 6.20 Å². The van der Waals surface area contributed by atoms with E-state index < -0.39 is 82.9 Å². The van der Waals surface area contributed by atoms with Gasteiger partial charge in [0.05, 0.1) is 6.61 Å². The van der Waals surface area contributed by atoms with Gasteiger partial charge >= 0.3 is 27.3 Å². The van der Waals surface area contributed by atoms with E-state index in [1.165, 1.54) is 6.07 Å². The maximum Gasteiger partial charge on any atom is 0.481 e. The van der Waals surface area contributed by atoms with Crippen LogP contribution < -0.4 is 11.4 Å². The van der Waals surface area contributed by atoms with Crippen molar-refractivity contribution in [2.45, 2.75) is 49.0 Å². The lowest BCUT2D eigenvalue weighted by Gasteiger charge is -2.21. The van der Waals surface area contributed by atoms with Gasteiger partial charge < -0.3 is 65.7 Å². The van der Waals surface area contributed by atoms with Crippen LogP contribution in [0.25, 0.3) is 0 Å². The van der Waals surface area contributed by atoms with E-state index in [1.807, 2.05) is 0 Å². The molecule has 1 aliphatic heterocycles. The van der Waals surface area contributed by atoms with Crippen LogP contribution in [0.3, 0.4) is 0 Å². The number of carbonyl (C=O) groups excluding carboxylic acids is 1. The Bertz CT molecular complexity index is 1110. The van der Waals surface area contributed by atoms with Crippen molar-refractivity contribution in [2.75, 3.05) is 12.3 Å². The Balaban J connectivity index is 0.000000471. The second-order valence-electron chi connectivity index (χ2n) is 7.32. The van der Waals surface area contributed by atoms with Crippen LogP contribution in [0, 0.1) is 0 Å². The Morgan fingerprint density at radius 2 is 1.74 bits per heavy atom. The fourth-order valence-electron chi connectivity index (χ4n) is 2.66. The molecule has 12 N–H and O–H groups in total. The number of phosphoric ester groups is 1. The highest BCUT2D eigenvalue weighted by atomic mass is 31.3. The SMILES string of the molecule is Nc1ccn([C@@H]2O[C@H](COP(=O)(O)OP(=O)(O)O)[C@@H](O)[C@H]2O)c(=O)n1.O=C[C@H](O)[C@@H](O)[C@H](O)[C@H](O)C(=O)O. The fourth-order valence-corrected chi connectivity index (χ4v) is 4.26. The van der Waals surface area contributed by atoms with Gasteiger partial charge in [-0.1, -0.05) is 0 Å². The highest BCUT2D eigenvalue weighted by molar-refractivity contribution is 7.60. The third kappa shape index (κ3) is 9.84. The van der Waals surface area contributed by atoms with Crippen LogP contribution >= 0.6 is 15.6 Å². The Morgan fingerprint density at radius 1 is 1.16 bits per heavy atom. The second kappa shape index (κ2) is 13.7. The first-order valence-electron chi connectivity index (χ1n) is 9.82. The number of aldehydes is 1. The van der Waals surface area contributed by atoms with Crippen molar-refractivity contribution >= 4 is 33.7 Å². The average Bonchev–Trinajstić information content (AvgIpc) is 3.08. The van der Waals surface area contributed by atoms with Crippen molar-refractivity contribution in [3.8, 4) is 0 Å². The lowest BCUT2D eigenvalue weighted by molar-refractivity contribution is -0.163. The maximum atomic E-state index is 11.7. The summed E-state index contributed by atoms with van der Waals surface area (Å²) < 4.78 is 35.8. The lowest BCUT2D eigenvalue weighted by atomic mass is 10.0. The number of carbonyl (C=O) groups is 2. The van der Waals surface area contributed by atoms with Crippen molar-refractivity contribution in [2.24, 2.45) is 0 Å². The van der Waals surface area contributed by atoms with Gasteiger partial charge in [-0.2, -0.15) is 9.29 Å². The number of carboxylic acids is 1. The summed E-state index contributed by atoms with van der Waals surface area (Å²) in [4.78, 5) is 61.2. The summed E-state index contributed by atoms with van der Waals surface area (Å²) in [5.74, 6) is -1.84. The van der Waals surface area contributed by atoms with Gasteiger partial charge in [0.15, 0.2) is 18.6 Å². The van der Waals surface area contributed by atoms with Gasteiger partial charge in [-0.05, 0) is 6.07 Å². The molecule has 1 fully saturated rings. The van der Waals surface area contributed by atoms with Crippen molar-refractivity contribution in [3.05, 3.63) is 22.7 Å². The van der Waals surface area contributed by atoms with Gasteiger partial charge in [0.25, 0.3) is 0 Å². The molecule has 0 aromatic carbocycles. The molecule has 38 heavy (non-hydrogen) atoms. The Hall–Kier alpha value is -2.20. The number of aromatic nitrogens is 2. The predicted octanol–water partition coefficient (Wildman–Crippen LogP) is -5.62. The van der Waals surface area contributed by atoms with E-state index in [0.29, 0.717) is 0 Å². The summed E-state index contributed by atoms with van der Waals surface area (Å²) in [5.41, 5.74) is 4.45. The van der Waals surface area contributed by atoms with Crippen molar-refractivity contribution in [1.29, 1.82) is 0 Å². The molecule has 2 heterocycles. The van der Waals surface area contributed by atoms with Crippen LogP contribution in [0.15, 0.2) is 17.1 Å². The summed E-state index contributed by atoms with van der Waals surface area (Å²) in [7, 11) is -10.5. The monoisotopic (exact) mass is 597 g/mol. The van der Waals surface area contributed by atoms with Gasteiger partial charge in [-0.3, -0.25) is 9.09 Å². The first-order chi connectivity index (χ1) is 17.3. The Kier molecular flexibility index (Phi) is 12.2. The van der Waals surface area contributed by atoms with Crippen LogP contribution in [-0.4, -0.2) is 122 Å². The van der Waals surface area contributed by atoms with Gasteiger partial charge in [0.2, 0.25) is 0 Å². The summed E-state index contributed by atoms with van der Waals surface area (Å²) >= 11 is 0. The van der Waals surface area contributed by atoms with Gasteiger partial charge in [-0.15, -0.1) is 0 Å². The summed E-state index contributed by atoms with van der Waals surface area (Å²) in [6, 6.07) is 1.24. The highest BCUT2D eigenvalue weighted by Crippen LogP contribution is 2.57. The van der Waals surface area contributed by atoms with Crippen molar-refractivity contribution in [1.82, 2.24) is 9.55 Å². The molecule has 0 amide bonds. The number of hydrogen-bond acceptors (Lipinski definition) is 16. The third-order valence-electron chi connectivity index (χ3n) is 4.49. The van der Waals surface area contributed by atoms with E-state index in [1.54, 1.807) is 0 Å². The molecule has 23 heteroatoms. The number of nitrogen functional groups attached to an aromatic ring is 1. The molecule has 0 bridgehead atoms. The van der Waals surface area contributed by atoms with E-state index in [0.717, 1.165) is 10.8 Å². The molecular formula is C15H25N3O18P2. The number of anilines is 1. The van der Waals surface area contributed by atoms with Crippen molar-refractivity contribution < 1.29 is 82.7 Å². The summed E-state index contributed by atoms with van der Waals surface area (Å²) in [5, 5.41) is 63.0. The average molecular weight is 597 g/mol. The highest BCUT2D eigenvalue weighted by Gasteiger charge is 2.45. The number of nitrogens with two attached hydrogens (primary N) is 1. The normalized spacial score (nSPS) is 26.2. The first kappa shape index (κ1) is 33.8. The molecule has 9 atom stereocenters. The fraction of sp³-hybridized carbons (Fsp3) is 0.600. The van der Waals surface area contributed by atoms with E-state index >= 15 is 0 Å². The lowest BCUT2D eigenvalue weighted by Crippen LogP contribution is -2.48.